The molecule has 3 N–H and O–H groups in total. The van der Waals surface area contributed by atoms with E-state index in [4.69, 9.17) is 15.6 Å². The van der Waals surface area contributed by atoms with Crippen molar-refractivity contribution in [3.63, 3.8) is 0 Å². The smallest absolute Gasteiger partial charge is 0.475 e. The molecule has 1 aliphatic rings. The number of carbonyl (C=O) groups is 1. The van der Waals surface area contributed by atoms with Gasteiger partial charge in [0.2, 0.25) is 0 Å². The molecule has 0 saturated heterocycles. The molecule has 0 aliphatic heterocycles. The first-order valence-electron chi connectivity index (χ1n) is 5.96. The Hall–Kier alpha value is -1.82. The summed E-state index contributed by atoms with van der Waals surface area (Å²) in [6.07, 6.45) is -1.94. The van der Waals surface area contributed by atoms with Crippen molar-refractivity contribution in [2.75, 3.05) is 0 Å². The molecule has 110 valence electrons. The van der Waals surface area contributed by atoms with E-state index in [1.54, 1.807) is 0 Å². The Kier molecular flexibility index (Phi) is 4.94. The second-order valence-corrected chi connectivity index (χ2v) is 4.72. The topological polar surface area (TPSA) is 63.3 Å². The van der Waals surface area contributed by atoms with Crippen molar-refractivity contribution in [1.29, 1.82) is 0 Å². The molecule has 1 aliphatic carbocycles. The van der Waals surface area contributed by atoms with Crippen molar-refractivity contribution in [3.8, 4) is 0 Å². The SMILES string of the molecule is C=C(Cc1ccccc1)C1(N)CC1.O=C(O)C(F)(F)F. The van der Waals surface area contributed by atoms with Gasteiger partial charge in [0.25, 0.3) is 0 Å². The van der Waals surface area contributed by atoms with Crippen LogP contribution in [0.3, 0.4) is 0 Å². The van der Waals surface area contributed by atoms with Gasteiger partial charge in [0, 0.05) is 5.54 Å². The van der Waals surface area contributed by atoms with Crippen molar-refractivity contribution in [2.45, 2.75) is 31.0 Å². The van der Waals surface area contributed by atoms with Gasteiger partial charge in [0.05, 0.1) is 0 Å². The molecule has 0 unspecified atom stereocenters. The van der Waals surface area contributed by atoms with E-state index in [-0.39, 0.29) is 5.54 Å². The molecule has 0 aromatic heterocycles. The van der Waals surface area contributed by atoms with Gasteiger partial charge in [-0.15, -0.1) is 0 Å². The first kappa shape index (κ1) is 16.2. The summed E-state index contributed by atoms with van der Waals surface area (Å²) >= 11 is 0. The Morgan fingerprint density at radius 2 is 1.75 bits per heavy atom. The molecule has 0 spiro atoms. The summed E-state index contributed by atoms with van der Waals surface area (Å²) in [5, 5.41) is 7.12. The molecule has 0 atom stereocenters. The van der Waals surface area contributed by atoms with E-state index in [1.165, 1.54) is 11.1 Å². The highest BCUT2D eigenvalue weighted by Crippen LogP contribution is 2.39. The molecular formula is C14H16F3NO2. The Labute approximate surface area is 114 Å². The maximum absolute atomic E-state index is 10.6. The summed E-state index contributed by atoms with van der Waals surface area (Å²) in [6, 6.07) is 10.4. The summed E-state index contributed by atoms with van der Waals surface area (Å²) in [7, 11) is 0. The Balaban J connectivity index is 0.000000246. The first-order chi connectivity index (χ1) is 9.15. The van der Waals surface area contributed by atoms with Gasteiger partial charge in [0.1, 0.15) is 0 Å². The number of benzene rings is 1. The fourth-order valence-electron chi connectivity index (χ4n) is 1.51. The molecule has 0 bridgehead atoms. The van der Waals surface area contributed by atoms with Crippen molar-refractivity contribution in [2.24, 2.45) is 5.73 Å². The fourth-order valence-corrected chi connectivity index (χ4v) is 1.51. The van der Waals surface area contributed by atoms with Crippen molar-refractivity contribution in [3.05, 3.63) is 48.0 Å². The summed E-state index contributed by atoms with van der Waals surface area (Å²) < 4.78 is 31.7. The minimum atomic E-state index is -5.08. The number of hydrogen-bond acceptors (Lipinski definition) is 2. The molecule has 0 radical (unpaired) electrons. The Morgan fingerprint density at radius 3 is 2.10 bits per heavy atom. The maximum atomic E-state index is 10.6. The van der Waals surface area contributed by atoms with Crippen LogP contribution in [-0.2, 0) is 11.2 Å². The third-order valence-electron chi connectivity index (χ3n) is 3.00. The second-order valence-electron chi connectivity index (χ2n) is 4.72. The van der Waals surface area contributed by atoms with E-state index in [2.05, 4.69) is 30.8 Å². The minimum Gasteiger partial charge on any atom is -0.475 e. The number of alkyl halides is 3. The monoisotopic (exact) mass is 287 g/mol. The molecule has 1 aromatic carbocycles. The lowest BCUT2D eigenvalue weighted by atomic mass is 9.99. The van der Waals surface area contributed by atoms with Crippen molar-refractivity contribution in [1.82, 2.24) is 0 Å². The molecule has 6 heteroatoms. The van der Waals surface area contributed by atoms with Crippen molar-refractivity contribution < 1.29 is 23.1 Å². The predicted octanol–water partition coefficient (Wildman–Crippen LogP) is 2.91. The molecule has 2 rings (SSSR count). The molecule has 0 amide bonds. The van der Waals surface area contributed by atoms with Gasteiger partial charge in [-0.05, 0) is 24.8 Å². The lowest BCUT2D eigenvalue weighted by molar-refractivity contribution is -0.192. The van der Waals surface area contributed by atoms with Crippen LogP contribution >= 0.6 is 0 Å². The van der Waals surface area contributed by atoms with Gasteiger partial charge in [0.15, 0.2) is 0 Å². The second kappa shape index (κ2) is 6.09. The zero-order valence-electron chi connectivity index (χ0n) is 10.8. The third kappa shape index (κ3) is 5.05. The van der Waals surface area contributed by atoms with Crippen LogP contribution < -0.4 is 5.73 Å². The van der Waals surface area contributed by atoms with Gasteiger partial charge < -0.3 is 10.8 Å². The number of nitrogens with two attached hydrogens (primary N) is 1. The number of halogens is 3. The van der Waals surface area contributed by atoms with E-state index < -0.39 is 12.1 Å². The number of rotatable bonds is 3. The van der Waals surface area contributed by atoms with Crippen LogP contribution in [0.5, 0.6) is 0 Å². The van der Waals surface area contributed by atoms with Crippen LogP contribution in [0.1, 0.15) is 18.4 Å². The molecule has 1 saturated carbocycles. The molecule has 3 nitrogen and oxygen atoms in total. The highest BCUT2D eigenvalue weighted by Gasteiger charge is 2.40. The van der Waals surface area contributed by atoms with Gasteiger partial charge in [-0.3, -0.25) is 0 Å². The number of carboxylic acids is 1. The molecular weight excluding hydrogens is 271 g/mol. The van der Waals surface area contributed by atoms with Crippen LogP contribution in [0.15, 0.2) is 42.5 Å². The Bertz CT molecular complexity index is 479. The van der Waals surface area contributed by atoms with E-state index in [0.717, 1.165) is 19.3 Å². The lowest BCUT2D eigenvalue weighted by Gasteiger charge is -2.12. The third-order valence-corrected chi connectivity index (χ3v) is 3.00. The fraction of sp³-hybridized carbons (Fsp3) is 0.357. The van der Waals surface area contributed by atoms with Gasteiger partial charge >= 0.3 is 12.1 Å². The van der Waals surface area contributed by atoms with E-state index in [0.29, 0.717) is 0 Å². The standard InChI is InChI=1S/C12H15N.C2HF3O2/c1-10(12(13)7-8-12)9-11-5-3-2-4-6-11;3-2(4,5)1(6)7/h2-6H,1,7-9,13H2;(H,6,7). The lowest BCUT2D eigenvalue weighted by Crippen LogP contribution is -2.24. The highest BCUT2D eigenvalue weighted by atomic mass is 19.4. The van der Waals surface area contributed by atoms with Gasteiger partial charge in [-0.2, -0.15) is 13.2 Å². The average Bonchev–Trinajstić information content (AvgIpc) is 3.09. The maximum Gasteiger partial charge on any atom is 0.490 e. The summed E-state index contributed by atoms with van der Waals surface area (Å²) in [4.78, 5) is 8.90. The zero-order valence-corrected chi connectivity index (χ0v) is 10.8. The first-order valence-corrected chi connectivity index (χ1v) is 5.96. The molecule has 1 fully saturated rings. The number of hydrogen-bond donors (Lipinski definition) is 2. The predicted molar refractivity (Wildman–Crippen MR) is 69.1 cm³/mol. The van der Waals surface area contributed by atoms with Gasteiger partial charge in [-0.25, -0.2) is 4.79 Å². The number of aliphatic carboxylic acids is 1. The summed E-state index contributed by atoms with van der Waals surface area (Å²) in [6.45, 7) is 4.06. The van der Waals surface area contributed by atoms with Gasteiger partial charge in [-0.1, -0.05) is 42.5 Å². The van der Waals surface area contributed by atoms with Crippen LogP contribution in [0.25, 0.3) is 0 Å². The number of carboxylic acid groups (broad SMARTS) is 1. The minimum absolute atomic E-state index is 0.0319. The normalized spacial score (nSPS) is 15.8. The highest BCUT2D eigenvalue weighted by molar-refractivity contribution is 5.73. The zero-order chi connectivity index (χ0) is 15.4. The Morgan fingerprint density at radius 1 is 1.30 bits per heavy atom. The summed E-state index contributed by atoms with van der Waals surface area (Å²) in [5.41, 5.74) is 8.50. The largest absolute Gasteiger partial charge is 0.490 e. The van der Waals surface area contributed by atoms with Crippen LogP contribution in [0.2, 0.25) is 0 Å². The van der Waals surface area contributed by atoms with E-state index >= 15 is 0 Å². The van der Waals surface area contributed by atoms with Crippen molar-refractivity contribution >= 4 is 5.97 Å². The molecule has 20 heavy (non-hydrogen) atoms. The molecule has 1 aromatic rings. The van der Waals surface area contributed by atoms with E-state index in [1.807, 2.05) is 6.07 Å². The average molecular weight is 287 g/mol. The van der Waals surface area contributed by atoms with Crippen LogP contribution in [-0.4, -0.2) is 22.8 Å². The van der Waals surface area contributed by atoms with Crippen LogP contribution in [0, 0.1) is 0 Å². The van der Waals surface area contributed by atoms with Crippen LogP contribution in [0.4, 0.5) is 13.2 Å². The quantitative estimate of drug-likeness (QED) is 0.840. The summed E-state index contributed by atoms with van der Waals surface area (Å²) in [5.74, 6) is -2.76. The molecule has 0 heterocycles. The van der Waals surface area contributed by atoms with E-state index in [9.17, 15) is 13.2 Å².